The first kappa shape index (κ1) is 18.4. The number of carboxylic acids is 1. The van der Waals surface area contributed by atoms with Crippen molar-refractivity contribution in [3.05, 3.63) is 21.9 Å². The summed E-state index contributed by atoms with van der Waals surface area (Å²) >= 11 is 1.80. The monoisotopic (exact) mass is 364 g/mol. The molecular weight excluding hydrogens is 336 g/mol. The van der Waals surface area contributed by atoms with E-state index in [9.17, 15) is 9.59 Å². The Morgan fingerprint density at radius 3 is 2.68 bits per heavy atom. The van der Waals surface area contributed by atoms with Crippen LogP contribution >= 0.6 is 11.3 Å². The van der Waals surface area contributed by atoms with Crippen molar-refractivity contribution in [3.8, 4) is 0 Å². The summed E-state index contributed by atoms with van der Waals surface area (Å²) in [5.41, 5.74) is 0. The van der Waals surface area contributed by atoms with Gasteiger partial charge >= 0.3 is 5.97 Å². The zero-order valence-corrected chi connectivity index (χ0v) is 15.7. The van der Waals surface area contributed by atoms with Gasteiger partial charge in [0.2, 0.25) is 5.91 Å². The number of nitrogens with zero attached hydrogens (tertiary/aromatic N) is 1. The maximum atomic E-state index is 12.1. The summed E-state index contributed by atoms with van der Waals surface area (Å²) in [5.74, 6) is 0.0644. The van der Waals surface area contributed by atoms with Gasteiger partial charge in [0.05, 0.1) is 6.54 Å². The van der Waals surface area contributed by atoms with Crippen molar-refractivity contribution < 1.29 is 14.7 Å². The molecular formula is C19H28N2O3S. The number of carboxylic acid groups (broad SMARTS) is 1. The fraction of sp³-hybridized carbons (Fsp3) is 0.684. The van der Waals surface area contributed by atoms with Crippen LogP contribution in [-0.2, 0) is 16.0 Å². The van der Waals surface area contributed by atoms with E-state index in [2.05, 4.69) is 29.3 Å². The lowest BCUT2D eigenvalue weighted by molar-refractivity contribution is -0.140. The van der Waals surface area contributed by atoms with E-state index < -0.39 is 5.97 Å². The molecule has 2 N–H and O–H groups in total. The number of carbonyl (C=O) groups excluding carboxylic acids is 1. The third-order valence-electron chi connectivity index (χ3n) is 5.15. The second kappa shape index (κ2) is 8.32. The van der Waals surface area contributed by atoms with Gasteiger partial charge in [-0.2, -0.15) is 0 Å². The number of aryl methyl sites for hydroxylation is 2. The minimum atomic E-state index is -0.753. The van der Waals surface area contributed by atoms with Gasteiger partial charge in [0.25, 0.3) is 0 Å². The molecule has 0 aliphatic heterocycles. The highest BCUT2D eigenvalue weighted by atomic mass is 32.1. The molecule has 3 rings (SSSR count). The van der Waals surface area contributed by atoms with E-state index in [4.69, 9.17) is 5.11 Å². The molecule has 2 aliphatic rings. The molecule has 2 saturated carbocycles. The van der Waals surface area contributed by atoms with Gasteiger partial charge in [0.15, 0.2) is 0 Å². The van der Waals surface area contributed by atoms with Gasteiger partial charge in [-0.1, -0.05) is 0 Å². The molecule has 0 saturated heterocycles. The summed E-state index contributed by atoms with van der Waals surface area (Å²) in [5, 5.41) is 12.2. The third-order valence-corrected chi connectivity index (χ3v) is 6.21. The highest BCUT2D eigenvalue weighted by Gasteiger charge is 2.37. The summed E-state index contributed by atoms with van der Waals surface area (Å²) in [6, 6.07) is 4.80. The molecule has 0 atom stereocenters. The first-order chi connectivity index (χ1) is 12.0. The summed E-state index contributed by atoms with van der Waals surface area (Å²) < 4.78 is 0. The number of carbonyl (C=O) groups is 2. The Morgan fingerprint density at radius 2 is 2.08 bits per heavy atom. The van der Waals surface area contributed by atoms with Crippen molar-refractivity contribution in [2.24, 2.45) is 5.92 Å². The maximum Gasteiger partial charge on any atom is 0.317 e. The molecule has 0 spiro atoms. The summed E-state index contributed by atoms with van der Waals surface area (Å²) in [7, 11) is 0. The van der Waals surface area contributed by atoms with Crippen LogP contribution in [0.4, 0.5) is 0 Å². The molecule has 0 aromatic carbocycles. The lowest BCUT2D eigenvalue weighted by atomic mass is 9.85. The molecule has 138 valence electrons. The average molecular weight is 365 g/mol. The van der Waals surface area contributed by atoms with Gasteiger partial charge in [0, 0.05) is 34.8 Å². The topological polar surface area (TPSA) is 69.6 Å². The van der Waals surface area contributed by atoms with Crippen LogP contribution < -0.4 is 5.32 Å². The predicted molar refractivity (Wildman–Crippen MR) is 98.9 cm³/mol. The van der Waals surface area contributed by atoms with Crippen molar-refractivity contribution in [2.75, 3.05) is 13.1 Å². The Balaban J connectivity index is 1.32. The lowest BCUT2D eigenvalue weighted by Gasteiger charge is -2.42. The van der Waals surface area contributed by atoms with Crippen molar-refractivity contribution in [3.63, 3.8) is 0 Å². The number of hydrogen-bond acceptors (Lipinski definition) is 4. The molecule has 1 heterocycles. The molecule has 25 heavy (non-hydrogen) atoms. The number of amides is 1. The van der Waals surface area contributed by atoms with Gasteiger partial charge in [-0.25, -0.2) is 0 Å². The van der Waals surface area contributed by atoms with Crippen LogP contribution in [0.5, 0.6) is 0 Å². The van der Waals surface area contributed by atoms with Gasteiger partial charge in [0.1, 0.15) is 0 Å². The summed E-state index contributed by atoms with van der Waals surface area (Å²) in [6.45, 7) is 3.13. The largest absolute Gasteiger partial charge is 0.480 e. The fourth-order valence-corrected chi connectivity index (χ4v) is 4.43. The summed E-state index contributed by atoms with van der Waals surface area (Å²) in [6.07, 6.45) is 6.64. The Kier molecular flexibility index (Phi) is 6.12. The molecule has 0 radical (unpaired) electrons. The van der Waals surface area contributed by atoms with E-state index >= 15 is 0 Å². The Hall–Kier alpha value is -1.40. The van der Waals surface area contributed by atoms with Gasteiger partial charge in [-0.15, -0.1) is 11.3 Å². The van der Waals surface area contributed by atoms with Crippen LogP contribution in [0.15, 0.2) is 12.1 Å². The molecule has 6 heteroatoms. The second-order valence-electron chi connectivity index (χ2n) is 7.52. The second-order valence-corrected chi connectivity index (χ2v) is 8.89. The zero-order valence-electron chi connectivity index (χ0n) is 14.9. The van der Waals surface area contributed by atoms with E-state index in [1.54, 1.807) is 11.3 Å². The molecule has 1 aromatic rings. The van der Waals surface area contributed by atoms with E-state index in [1.165, 1.54) is 22.6 Å². The van der Waals surface area contributed by atoms with Crippen LogP contribution in [0.2, 0.25) is 0 Å². The lowest BCUT2D eigenvalue weighted by Crippen LogP contribution is -2.55. The molecule has 2 aliphatic carbocycles. The Morgan fingerprint density at radius 1 is 1.32 bits per heavy atom. The number of thiophene rings is 1. The molecule has 0 unspecified atom stereocenters. The van der Waals surface area contributed by atoms with Crippen LogP contribution in [-0.4, -0.2) is 47.1 Å². The first-order valence-corrected chi connectivity index (χ1v) is 10.1. The van der Waals surface area contributed by atoms with E-state index in [0.29, 0.717) is 18.4 Å². The van der Waals surface area contributed by atoms with E-state index in [-0.39, 0.29) is 18.5 Å². The quantitative estimate of drug-likeness (QED) is 0.670. The predicted octanol–water partition coefficient (Wildman–Crippen LogP) is 2.82. The fourth-order valence-electron chi connectivity index (χ4n) is 3.49. The minimum absolute atomic E-state index is 0.127. The molecule has 5 nitrogen and oxygen atoms in total. The molecule has 1 amide bonds. The highest BCUT2D eigenvalue weighted by Crippen LogP contribution is 2.33. The Bertz CT molecular complexity index is 606. The summed E-state index contributed by atoms with van der Waals surface area (Å²) in [4.78, 5) is 27.9. The first-order valence-electron chi connectivity index (χ1n) is 9.30. The van der Waals surface area contributed by atoms with Crippen LogP contribution in [0.25, 0.3) is 0 Å². The zero-order chi connectivity index (χ0) is 17.8. The minimum Gasteiger partial charge on any atom is -0.480 e. The Labute approximate surface area is 153 Å². The van der Waals surface area contributed by atoms with E-state index in [0.717, 1.165) is 32.2 Å². The van der Waals surface area contributed by atoms with Crippen LogP contribution in [0.3, 0.4) is 0 Å². The molecule has 1 aromatic heterocycles. The third kappa shape index (κ3) is 5.82. The van der Waals surface area contributed by atoms with Gasteiger partial charge < -0.3 is 10.4 Å². The SMILES string of the molecule is Cc1ccc(CCCC(=O)NC2CC(N(CC(=O)O)CC3CC3)C2)s1. The molecule has 2 fully saturated rings. The van der Waals surface area contributed by atoms with Gasteiger partial charge in [-0.05, 0) is 63.5 Å². The average Bonchev–Trinajstić information content (AvgIpc) is 3.22. The smallest absolute Gasteiger partial charge is 0.317 e. The highest BCUT2D eigenvalue weighted by molar-refractivity contribution is 7.11. The number of rotatable bonds is 10. The van der Waals surface area contributed by atoms with E-state index in [1.807, 2.05) is 0 Å². The standard InChI is InChI=1S/C19H28N2O3S/c1-13-5-8-17(25-13)3-2-4-18(22)20-15-9-16(10-15)21(12-19(23)24)11-14-6-7-14/h5,8,14-16H,2-4,6-7,9-12H2,1H3,(H,20,22)(H,23,24). The number of hydrogen-bond donors (Lipinski definition) is 2. The molecule has 0 bridgehead atoms. The normalized spacial score (nSPS) is 22.6. The van der Waals surface area contributed by atoms with Crippen LogP contribution in [0, 0.1) is 12.8 Å². The number of aliphatic carboxylic acids is 1. The van der Waals surface area contributed by atoms with Crippen molar-refractivity contribution in [2.45, 2.75) is 64.0 Å². The van der Waals surface area contributed by atoms with Crippen molar-refractivity contribution in [1.82, 2.24) is 10.2 Å². The van der Waals surface area contributed by atoms with Crippen molar-refractivity contribution in [1.29, 1.82) is 0 Å². The number of nitrogens with one attached hydrogen (secondary N) is 1. The van der Waals surface area contributed by atoms with Crippen LogP contribution in [0.1, 0.15) is 48.3 Å². The van der Waals surface area contributed by atoms with Crippen molar-refractivity contribution >= 4 is 23.2 Å². The maximum absolute atomic E-state index is 12.1. The van der Waals surface area contributed by atoms with Gasteiger partial charge in [-0.3, -0.25) is 14.5 Å².